The molecule has 0 bridgehead atoms. The van der Waals surface area contributed by atoms with Gasteiger partial charge in [-0.1, -0.05) is 6.07 Å². The number of likely N-dealkylation sites (tertiary alicyclic amines) is 1. The summed E-state index contributed by atoms with van der Waals surface area (Å²) in [4.78, 5) is 18.9. The molecule has 0 aliphatic carbocycles. The molecule has 26 heavy (non-hydrogen) atoms. The molecule has 1 unspecified atom stereocenters. The number of hydrogen-bond donors (Lipinski definition) is 0. The highest BCUT2D eigenvalue weighted by Gasteiger charge is 2.55. The third kappa shape index (κ3) is 2.81. The summed E-state index contributed by atoms with van der Waals surface area (Å²) in [5, 5.41) is 0. The SMILES string of the molecule is COC1CN(c2cccc(F)c2)C12CCN(C(=O)c1ccc(C)s1)CC2. The third-order valence-electron chi connectivity index (χ3n) is 5.76. The molecule has 0 N–H and O–H groups in total. The number of carbonyl (C=O) groups is 1. The Morgan fingerprint density at radius 2 is 2.04 bits per heavy atom. The number of benzene rings is 1. The minimum absolute atomic E-state index is 0.114. The summed E-state index contributed by atoms with van der Waals surface area (Å²) >= 11 is 1.55. The minimum Gasteiger partial charge on any atom is -0.377 e. The van der Waals surface area contributed by atoms with Gasteiger partial charge in [0.05, 0.1) is 16.5 Å². The highest BCUT2D eigenvalue weighted by Crippen LogP contribution is 2.45. The summed E-state index contributed by atoms with van der Waals surface area (Å²) in [6, 6.07) is 10.6. The summed E-state index contributed by atoms with van der Waals surface area (Å²) in [7, 11) is 1.74. The van der Waals surface area contributed by atoms with E-state index in [1.807, 2.05) is 30.0 Å². The fourth-order valence-corrected chi connectivity index (χ4v) is 5.11. The average molecular weight is 374 g/mol. The smallest absolute Gasteiger partial charge is 0.263 e. The zero-order valence-corrected chi connectivity index (χ0v) is 15.9. The first-order valence-corrected chi connectivity index (χ1v) is 9.77. The van der Waals surface area contributed by atoms with Crippen LogP contribution in [0.2, 0.25) is 0 Å². The molecule has 1 atom stereocenters. The van der Waals surface area contributed by atoms with Gasteiger partial charge in [0.2, 0.25) is 0 Å². The number of anilines is 1. The van der Waals surface area contributed by atoms with Crippen molar-refractivity contribution in [1.29, 1.82) is 0 Å². The molecule has 138 valence electrons. The second-order valence-corrected chi connectivity index (χ2v) is 8.41. The molecule has 4 rings (SSSR count). The highest BCUT2D eigenvalue weighted by molar-refractivity contribution is 7.13. The first-order chi connectivity index (χ1) is 12.5. The molecule has 2 saturated heterocycles. The largest absolute Gasteiger partial charge is 0.377 e. The van der Waals surface area contributed by atoms with Gasteiger partial charge in [-0.15, -0.1) is 11.3 Å². The Balaban J connectivity index is 1.51. The molecule has 0 radical (unpaired) electrons. The van der Waals surface area contributed by atoms with E-state index >= 15 is 0 Å². The number of ether oxygens (including phenoxy) is 1. The van der Waals surface area contributed by atoms with E-state index in [2.05, 4.69) is 4.90 Å². The second kappa shape index (κ2) is 6.67. The third-order valence-corrected chi connectivity index (χ3v) is 6.75. The summed E-state index contributed by atoms with van der Waals surface area (Å²) in [6.07, 6.45) is 1.78. The molecule has 2 aliphatic rings. The van der Waals surface area contributed by atoms with E-state index < -0.39 is 0 Å². The van der Waals surface area contributed by atoms with Crippen LogP contribution < -0.4 is 4.90 Å². The number of thiophene rings is 1. The van der Waals surface area contributed by atoms with E-state index in [1.165, 1.54) is 6.07 Å². The van der Waals surface area contributed by atoms with E-state index in [4.69, 9.17) is 4.74 Å². The van der Waals surface area contributed by atoms with Crippen molar-refractivity contribution in [3.63, 3.8) is 0 Å². The van der Waals surface area contributed by atoms with Crippen LogP contribution >= 0.6 is 11.3 Å². The standard InChI is InChI=1S/C20H23FN2O2S/c1-14-6-7-17(26-14)19(24)22-10-8-20(9-11-22)18(25-2)13-23(20)16-5-3-4-15(21)12-16/h3-7,12,18H,8-11,13H2,1-2H3. The van der Waals surface area contributed by atoms with Gasteiger partial charge in [0.25, 0.3) is 5.91 Å². The van der Waals surface area contributed by atoms with Crippen LogP contribution in [0, 0.1) is 12.7 Å². The maximum atomic E-state index is 13.7. The maximum Gasteiger partial charge on any atom is 0.263 e. The zero-order valence-electron chi connectivity index (χ0n) is 15.1. The molecule has 6 heteroatoms. The van der Waals surface area contributed by atoms with Crippen LogP contribution in [-0.4, -0.2) is 49.2 Å². The Labute approximate surface area is 157 Å². The molecule has 1 spiro atoms. The second-order valence-electron chi connectivity index (χ2n) is 7.12. The fourth-order valence-electron chi connectivity index (χ4n) is 4.27. The molecule has 1 aromatic carbocycles. The van der Waals surface area contributed by atoms with Crippen LogP contribution in [0.3, 0.4) is 0 Å². The average Bonchev–Trinajstić information content (AvgIpc) is 3.07. The summed E-state index contributed by atoms with van der Waals surface area (Å²) in [6.45, 7) is 4.17. The quantitative estimate of drug-likeness (QED) is 0.821. The number of rotatable bonds is 3. The predicted octanol–water partition coefficient (Wildman–Crippen LogP) is 3.71. The number of aryl methyl sites for hydroxylation is 1. The lowest BCUT2D eigenvalue weighted by atomic mass is 9.73. The van der Waals surface area contributed by atoms with Crippen molar-refractivity contribution < 1.29 is 13.9 Å². The monoisotopic (exact) mass is 374 g/mol. The molecular weight excluding hydrogens is 351 g/mol. The van der Waals surface area contributed by atoms with Gasteiger partial charge in [0.1, 0.15) is 5.82 Å². The van der Waals surface area contributed by atoms with Gasteiger partial charge in [0.15, 0.2) is 0 Å². The molecule has 3 heterocycles. The molecule has 2 aliphatic heterocycles. The van der Waals surface area contributed by atoms with Crippen molar-refractivity contribution in [3.05, 3.63) is 52.0 Å². The van der Waals surface area contributed by atoms with E-state index in [9.17, 15) is 9.18 Å². The summed E-state index contributed by atoms with van der Waals surface area (Å²) < 4.78 is 19.4. The first-order valence-electron chi connectivity index (χ1n) is 8.95. The number of amides is 1. The maximum absolute atomic E-state index is 13.7. The van der Waals surface area contributed by atoms with Gasteiger partial charge in [-0.2, -0.15) is 0 Å². The first kappa shape index (κ1) is 17.5. The van der Waals surface area contributed by atoms with E-state index in [-0.39, 0.29) is 23.4 Å². The van der Waals surface area contributed by atoms with E-state index in [1.54, 1.807) is 30.6 Å². The number of carbonyl (C=O) groups excluding carboxylic acids is 1. The Morgan fingerprint density at radius 1 is 1.27 bits per heavy atom. The van der Waals surface area contributed by atoms with Crippen LogP contribution in [0.15, 0.2) is 36.4 Å². The predicted molar refractivity (Wildman–Crippen MR) is 101 cm³/mol. The Bertz CT molecular complexity index is 814. The lowest BCUT2D eigenvalue weighted by Gasteiger charge is -2.61. The number of nitrogens with zero attached hydrogens (tertiary/aromatic N) is 2. The van der Waals surface area contributed by atoms with Crippen molar-refractivity contribution in [2.45, 2.75) is 31.4 Å². The molecule has 1 aromatic heterocycles. The minimum atomic E-state index is -0.223. The summed E-state index contributed by atoms with van der Waals surface area (Å²) in [5.74, 6) is -0.109. The van der Waals surface area contributed by atoms with Gasteiger partial charge in [-0.25, -0.2) is 4.39 Å². The zero-order chi connectivity index (χ0) is 18.3. The van der Waals surface area contributed by atoms with Crippen molar-refractivity contribution in [2.75, 3.05) is 31.6 Å². The number of piperidine rings is 1. The molecule has 2 fully saturated rings. The van der Waals surface area contributed by atoms with Crippen LogP contribution in [0.4, 0.5) is 10.1 Å². The van der Waals surface area contributed by atoms with Crippen LogP contribution in [0.25, 0.3) is 0 Å². The molecule has 1 amide bonds. The van der Waals surface area contributed by atoms with E-state index in [0.29, 0.717) is 13.1 Å². The Hall–Kier alpha value is -1.92. The number of hydrogen-bond acceptors (Lipinski definition) is 4. The van der Waals surface area contributed by atoms with Crippen LogP contribution in [0.5, 0.6) is 0 Å². The lowest BCUT2D eigenvalue weighted by molar-refractivity contribution is -0.0433. The van der Waals surface area contributed by atoms with Crippen LogP contribution in [0.1, 0.15) is 27.4 Å². The van der Waals surface area contributed by atoms with E-state index in [0.717, 1.165) is 34.8 Å². The van der Waals surface area contributed by atoms with Crippen molar-refractivity contribution >= 4 is 22.9 Å². The molecule has 4 nitrogen and oxygen atoms in total. The Kier molecular flexibility index (Phi) is 4.49. The number of methoxy groups -OCH3 is 1. The van der Waals surface area contributed by atoms with Crippen molar-refractivity contribution in [1.82, 2.24) is 4.90 Å². The number of halogens is 1. The van der Waals surface area contributed by atoms with Gasteiger partial charge < -0.3 is 14.5 Å². The molecule has 0 saturated carbocycles. The van der Waals surface area contributed by atoms with Gasteiger partial charge in [-0.05, 0) is 50.1 Å². The van der Waals surface area contributed by atoms with Crippen molar-refractivity contribution in [2.24, 2.45) is 0 Å². The lowest BCUT2D eigenvalue weighted by Crippen LogP contribution is -2.74. The summed E-state index contributed by atoms with van der Waals surface area (Å²) in [5.41, 5.74) is 0.747. The normalized spacial score (nSPS) is 21.7. The topological polar surface area (TPSA) is 32.8 Å². The highest BCUT2D eigenvalue weighted by atomic mass is 32.1. The molecule has 2 aromatic rings. The van der Waals surface area contributed by atoms with Gasteiger partial charge >= 0.3 is 0 Å². The fraction of sp³-hybridized carbons (Fsp3) is 0.450. The molecular formula is C20H23FN2O2S. The Morgan fingerprint density at radius 3 is 2.65 bits per heavy atom. The van der Waals surface area contributed by atoms with Gasteiger partial charge in [-0.3, -0.25) is 4.79 Å². The van der Waals surface area contributed by atoms with Crippen molar-refractivity contribution in [3.8, 4) is 0 Å². The van der Waals surface area contributed by atoms with Crippen LogP contribution in [-0.2, 0) is 4.74 Å². The van der Waals surface area contributed by atoms with Gasteiger partial charge in [0, 0.05) is 37.3 Å².